The van der Waals surface area contributed by atoms with Gasteiger partial charge in [-0.1, -0.05) is 0 Å². The van der Waals surface area contributed by atoms with Crippen molar-refractivity contribution in [2.45, 2.75) is 0 Å². The van der Waals surface area contributed by atoms with Crippen molar-refractivity contribution in [3.05, 3.63) is 12.3 Å². The van der Waals surface area contributed by atoms with Gasteiger partial charge in [0.05, 0.1) is 13.2 Å². The highest BCUT2D eigenvalue weighted by Gasteiger charge is 2.07. The summed E-state index contributed by atoms with van der Waals surface area (Å²) in [7, 11) is 1.63. The molecule has 90 valence electrons. The van der Waals surface area contributed by atoms with Gasteiger partial charge in [-0.3, -0.25) is 5.43 Å². The Hall–Kier alpha value is -1.44. The van der Waals surface area contributed by atoms with Gasteiger partial charge in [-0.05, 0) is 6.07 Å². The highest BCUT2D eigenvalue weighted by atomic mass is 16.5. The lowest BCUT2D eigenvalue weighted by Gasteiger charge is -2.22. The van der Waals surface area contributed by atoms with Crippen molar-refractivity contribution in [2.75, 3.05) is 43.7 Å². The largest absolute Gasteiger partial charge is 0.395 e. The number of aromatic nitrogens is 2. The van der Waals surface area contributed by atoms with Crippen LogP contribution in [0.3, 0.4) is 0 Å². The van der Waals surface area contributed by atoms with E-state index in [-0.39, 0.29) is 6.61 Å². The first-order chi connectivity index (χ1) is 7.81. The number of hydrazine groups is 1. The Bertz CT molecular complexity index is 310. The quantitative estimate of drug-likeness (QED) is 0.415. The van der Waals surface area contributed by atoms with Crippen LogP contribution in [-0.2, 0) is 4.74 Å². The molecule has 0 amide bonds. The minimum atomic E-state index is 0.0547. The van der Waals surface area contributed by atoms with E-state index >= 15 is 0 Å². The minimum Gasteiger partial charge on any atom is -0.395 e. The molecule has 0 radical (unpaired) electrons. The molecule has 0 spiro atoms. The summed E-state index contributed by atoms with van der Waals surface area (Å²) in [6.07, 6.45) is 1.61. The standard InChI is InChI=1S/C9H17N5O2/c1-16-7-5-14(4-6-15)8-2-3-11-9(12-8)13-10/h2-3,15H,4-7,10H2,1H3,(H,11,12,13). The Morgan fingerprint density at radius 2 is 2.38 bits per heavy atom. The van der Waals surface area contributed by atoms with E-state index in [4.69, 9.17) is 15.7 Å². The van der Waals surface area contributed by atoms with Crippen LogP contribution in [0.2, 0.25) is 0 Å². The Morgan fingerprint density at radius 3 is 3.00 bits per heavy atom. The summed E-state index contributed by atoms with van der Waals surface area (Å²) < 4.78 is 4.99. The average Bonchev–Trinajstić information content (AvgIpc) is 2.34. The van der Waals surface area contributed by atoms with Crippen molar-refractivity contribution in [3.8, 4) is 0 Å². The summed E-state index contributed by atoms with van der Waals surface area (Å²) >= 11 is 0. The zero-order valence-corrected chi connectivity index (χ0v) is 9.26. The maximum atomic E-state index is 8.96. The second kappa shape index (κ2) is 6.94. The zero-order valence-electron chi connectivity index (χ0n) is 9.26. The molecule has 0 aromatic carbocycles. The first-order valence-electron chi connectivity index (χ1n) is 4.96. The fraction of sp³-hybridized carbons (Fsp3) is 0.556. The van der Waals surface area contributed by atoms with Crippen molar-refractivity contribution in [1.29, 1.82) is 0 Å². The first-order valence-corrected chi connectivity index (χ1v) is 4.96. The lowest BCUT2D eigenvalue weighted by atomic mass is 10.4. The zero-order chi connectivity index (χ0) is 11.8. The molecule has 1 aromatic rings. The van der Waals surface area contributed by atoms with Gasteiger partial charge in [-0.15, -0.1) is 0 Å². The minimum absolute atomic E-state index is 0.0547. The smallest absolute Gasteiger partial charge is 0.239 e. The number of aliphatic hydroxyl groups excluding tert-OH is 1. The molecule has 0 unspecified atom stereocenters. The van der Waals surface area contributed by atoms with Gasteiger partial charge in [-0.25, -0.2) is 10.8 Å². The molecule has 0 fully saturated rings. The van der Waals surface area contributed by atoms with Crippen molar-refractivity contribution in [2.24, 2.45) is 5.84 Å². The number of rotatable bonds is 7. The van der Waals surface area contributed by atoms with E-state index in [1.165, 1.54) is 0 Å². The number of hydrogen-bond acceptors (Lipinski definition) is 7. The molecule has 7 nitrogen and oxygen atoms in total. The molecule has 0 aliphatic carbocycles. The summed E-state index contributed by atoms with van der Waals surface area (Å²) in [6.45, 7) is 1.76. The number of methoxy groups -OCH3 is 1. The Kier molecular flexibility index (Phi) is 5.48. The van der Waals surface area contributed by atoms with Crippen molar-refractivity contribution < 1.29 is 9.84 Å². The summed E-state index contributed by atoms with van der Waals surface area (Å²) in [6, 6.07) is 1.76. The summed E-state index contributed by atoms with van der Waals surface area (Å²) in [5.41, 5.74) is 2.38. The first kappa shape index (κ1) is 12.6. The van der Waals surface area contributed by atoms with Crippen LogP contribution < -0.4 is 16.2 Å². The fourth-order valence-electron chi connectivity index (χ4n) is 1.26. The van der Waals surface area contributed by atoms with Crippen molar-refractivity contribution in [3.63, 3.8) is 0 Å². The molecule has 1 heterocycles. The monoisotopic (exact) mass is 227 g/mol. The summed E-state index contributed by atoms with van der Waals surface area (Å²) in [4.78, 5) is 9.98. The van der Waals surface area contributed by atoms with Gasteiger partial charge in [0.15, 0.2) is 0 Å². The maximum Gasteiger partial charge on any atom is 0.239 e. The van der Waals surface area contributed by atoms with Crippen LogP contribution in [0.4, 0.5) is 11.8 Å². The highest BCUT2D eigenvalue weighted by Crippen LogP contribution is 2.10. The van der Waals surface area contributed by atoms with Gasteiger partial charge in [0.25, 0.3) is 0 Å². The van der Waals surface area contributed by atoms with Crippen molar-refractivity contribution in [1.82, 2.24) is 9.97 Å². The number of anilines is 2. The van der Waals surface area contributed by atoms with Crippen LogP contribution in [-0.4, -0.2) is 48.5 Å². The van der Waals surface area contributed by atoms with Crippen LogP contribution in [0.5, 0.6) is 0 Å². The Balaban J connectivity index is 2.73. The van der Waals surface area contributed by atoms with E-state index in [0.29, 0.717) is 31.5 Å². The third-order valence-corrected chi connectivity index (χ3v) is 2.03. The lowest BCUT2D eigenvalue weighted by molar-refractivity contribution is 0.202. The predicted molar refractivity (Wildman–Crippen MR) is 61.0 cm³/mol. The van der Waals surface area contributed by atoms with Crippen LogP contribution in [0, 0.1) is 0 Å². The second-order valence-corrected chi connectivity index (χ2v) is 3.09. The molecule has 0 saturated carbocycles. The molecule has 1 aromatic heterocycles. The molecule has 0 aliphatic heterocycles. The number of nitrogen functional groups attached to an aromatic ring is 1. The van der Waals surface area contributed by atoms with Crippen LogP contribution in [0.25, 0.3) is 0 Å². The molecule has 0 bridgehead atoms. The number of nitrogens with one attached hydrogen (secondary N) is 1. The number of nitrogens with two attached hydrogens (primary N) is 1. The maximum absolute atomic E-state index is 8.96. The number of nitrogens with zero attached hydrogens (tertiary/aromatic N) is 3. The SMILES string of the molecule is COCCN(CCO)c1ccnc(NN)n1. The van der Waals surface area contributed by atoms with E-state index in [9.17, 15) is 0 Å². The number of ether oxygens (including phenoxy) is 1. The molecule has 4 N–H and O–H groups in total. The topological polar surface area (TPSA) is 96.5 Å². The number of aliphatic hydroxyl groups is 1. The third kappa shape index (κ3) is 3.61. The van der Waals surface area contributed by atoms with Crippen molar-refractivity contribution >= 4 is 11.8 Å². The molecule has 16 heavy (non-hydrogen) atoms. The third-order valence-electron chi connectivity index (χ3n) is 2.03. The summed E-state index contributed by atoms with van der Waals surface area (Å²) in [5.74, 6) is 6.27. The second-order valence-electron chi connectivity index (χ2n) is 3.09. The molecule has 0 aliphatic rings. The van der Waals surface area contributed by atoms with E-state index in [1.807, 2.05) is 4.90 Å². The molecule has 0 saturated heterocycles. The van der Waals surface area contributed by atoms with Gasteiger partial charge in [0.1, 0.15) is 5.82 Å². The molecular formula is C9H17N5O2. The van der Waals surface area contributed by atoms with Gasteiger partial charge in [-0.2, -0.15) is 4.98 Å². The number of hydrogen-bond donors (Lipinski definition) is 3. The fourth-order valence-corrected chi connectivity index (χ4v) is 1.26. The van der Waals surface area contributed by atoms with Crippen LogP contribution in [0.1, 0.15) is 0 Å². The summed E-state index contributed by atoms with van der Waals surface area (Å²) in [5, 5.41) is 8.96. The van der Waals surface area contributed by atoms with Gasteiger partial charge in [0, 0.05) is 26.4 Å². The normalized spacial score (nSPS) is 10.2. The van der Waals surface area contributed by atoms with E-state index in [2.05, 4.69) is 15.4 Å². The molecule has 0 atom stereocenters. The average molecular weight is 227 g/mol. The lowest BCUT2D eigenvalue weighted by Crippen LogP contribution is -2.31. The molecule has 1 rings (SSSR count). The molecule has 7 heteroatoms. The highest BCUT2D eigenvalue weighted by molar-refractivity contribution is 5.41. The Labute approximate surface area is 94.2 Å². The van der Waals surface area contributed by atoms with Crippen LogP contribution in [0.15, 0.2) is 12.3 Å². The molecular weight excluding hydrogens is 210 g/mol. The van der Waals surface area contributed by atoms with Crippen LogP contribution >= 0.6 is 0 Å². The van der Waals surface area contributed by atoms with Gasteiger partial charge >= 0.3 is 0 Å². The van der Waals surface area contributed by atoms with Gasteiger partial charge < -0.3 is 14.7 Å². The van der Waals surface area contributed by atoms with E-state index in [0.717, 1.165) is 0 Å². The van der Waals surface area contributed by atoms with E-state index in [1.54, 1.807) is 19.4 Å². The van der Waals surface area contributed by atoms with E-state index < -0.39 is 0 Å². The Morgan fingerprint density at radius 1 is 1.56 bits per heavy atom. The van der Waals surface area contributed by atoms with Gasteiger partial charge in [0.2, 0.25) is 5.95 Å². The predicted octanol–water partition coefficient (Wildman–Crippen LogP) is -0.793.